The number of nitrogens with one attached hydrogen (secondary N) is 2. The minimum absolute atomic E-state index is 0.0246. The summed E-state index contributed by atoms with van der Waals surface area (Å²) in [5.74, 6) is 0.838. The molecule has 0 unspecified atom stereocenters. The van der Waals surface area contributed by atoms with E-state index in [4.69, 9.17) is 4.74 Å². The van der Waals surface area contributed by atoms with Gasteiger partial charge in [-0.3, -0.25) is 4.79 Å². The number of ether oxygens (including phenoxy) is 1. The first-order chi connectivity index (χ1) is 11.1. The average Bonchev–Trinajstić information content (AvgIpc) is 2.55. The lowest BCUT2D eigenvalue weighted by molar-refractivity contribution is -0.121. The van der Waals surface area contributed by atoms with Crippen molar-refractivity contribution < 1.29 is 9.53 Å². The summed E-state index contributed by atoms with van der Waals surface area (Å²) in [5, 5.41) is 6.18. The van der Waals surface area contributed by atoms with E-state index in [1.807, 2.05) is 49.4 Å². The van der Waals surface area contributed by atoms with Gasteiger partial charge in [0.15, 0.2) is 0 Å². The highest BCUT2D eigenvalue weighted by Gasteiger charge is 2.03. The number of halogens is 1. The molecule has 23 heavy (non-hydrogen) atoms. The van der Waals surface area contributed by atoms with Crippen molar-refractivity contribution >= 4 is 27.5 Å². The molecule has 0 aliphatic heterocycles. The summed E-state index contributed by atoms with van der Waals surface area (Å²) in [4.78, 5) is 11.9. The number of methoxy groups -OCH3 is 1. The lowest BCUT2D eigenvalue weighted by atomic mass is 10.2. The molecule has 0 aliphatic rings. The van der Waals surface area contributed by atoms with E-state index in [2.05, 4.69) is 26.6 Å². The van der Waals surface area contributed by atoms with Gasteiger partial charge in [-0.1, -0.05) is 18.2 Å². The molecule has 0 heterocycles. The molecule has 0 spiro atoms. The number of anilines is 1. The zero-order chi connectivity index (χ0) is 16.7. The Balaban J connectivity index is 1.72. The normalized spacial score (nSPS) is 10.2. The zero-order valence-electron chi connectivity index (χ0n) is 13.4. The fraction of sp³-hybridized carbons (Fsp3) is 0.278. The molecule has 0 bridgehead atoms. The van der Waals surface area contributed by atoms with Crippen LogP contribution in [0.2, 0.25) is 0 Å². The van der Waals surface area contributed by atoms with Crippen molar-refractivity contribution in [2.45, 2.75) is 19.9 Å². The van der Waals surface area contributed by atoms with Crippen molar-refractivity contribution in [3.05, 3.63) is 58.1 Å². The molecule has 0 aromatic heterocycles. The van der Waals surface area contributed by atoms with Gasteiger partial charge in [0.05, 0.1) is 7.11 Å². The maximum absolute atomic E-state index is 11.9. The van der Waals surface area contributed by atoms with Crippen LogP contribution in [0.3, 0.4) is 0 Å². The molecule has 122 valence electrons. The molecular weight excluding hydrogens is 356 g/mol. The molecule has 0 saturated heterocycles. The summed E-state index contributed by atoms with van der Waals surface area (Å²) in [6.07, 6.45) is 0.427. The number of aryl methyl sites for hydroxylation is 1. The van der Waals surface area contributed by atoms with Gasteiger partial charge >= 0.3 is 0 Å². The number of carbonyl (C=O) groups excluding carboxylic acids is 1. The molecule has 2 aromatic carbocycles. The van der Waals surface area contributed by atoms with Crippen LogP contribution in [0.4, 0.5) is 5.69 Å². The van der Waals surface area contributed by atoms with Crippen LogP contribution < -0.4 is 15.4 Å². The van der Waals surface area contributed by atoms with Crippen molar-refractivity contribution in [1.29, 1.82) is 0 Å². The van der Waals surface area contributed by atoms with Crippen LogP contribution >= 0.6 is 15.9 Å². The highest BCUT2D eigenvalue weighted by atomic mass is 79.9. The first-order valence-corrected chi connectivity index (χ1v) is 8.27. The van der Waals surface area contributed by atoms with Gasteiger partial charge in [-0.05, 0) is 58.2 Å². The van der Waals surface area contributed by atoms with Crippen molar-refractivity contribution in [1.82, 2.24) is 5.32 Å². The number of amides is 1. The maximum atomic E-state index is 11.9. The van der Waals surface area contributed by atoms with Crippen molar-refractivity contribution in [2.75, 3.05) is 19.0 Å². The molecule has 0 aliphatic carbocycles. The standard InChI is InChI=1S/C18H21BrN2O2/c1-13-3-8-17(16(19)11-13)20-10-9-18(22)21-12-14-4-6-15(23-2)7-5-14/h3-8,11,20H,9-10,12H2,1-2H3,(H,21,22). The molecule has 2 N–H and O–H groups in total. The fourth-order valence-corrected chi connectivity index (χ4v) is 2.74. The smallest absolute Gasteiger partial charge is 0.222 e. The highest BCUT2D eigenvalue weighted by molar-refractivity contribution is 9.10. The highest BCUT2D eigenvalue weighted by Crippen LogP contribution is 2.23. The number of carbonyl (C=O) groups is 1. The van der Waals surface area contributed by atoms with Crippen LogP contribution in [0.25, 0.3) is 0 Å². The first kappa shape index (κ1) is 17.3. The second kappa shape index (κ2) is 8.58. The summed E-state index contributed by atoms with van der Waals surface area (Å²) in [6, 6.07) is 13.8. The summed E-state index contributed by atoms with van der Waals surface area (Å²) in [6.45, 7) is 3.16. The monoisotopic (exact) mass is 376 g/mol. The molecule has 2 rings (SSSR count). The number of rotatable bonds is 7. The van der Waals surface area contributed by atoms with Crippen LogP contribution in [-0.4, -0.2) is 19.6 Å². The lowest BCUT2D eigenvalue weighted by Gasteiger charge is -2.10. The third kappa shape index (κ3) is 5.60. The van der Waals surface area contributed by atoms with Gasteiger partial charge in [0, 0.05) is 29.7 Å². The van der Waals surface area contributed by atoms with Crippen molar-refractivity contribution in [3.8, 4) is 5.75 Å². The minimum Gasteiger partial charge on any atom is -0.497 e. The van der Waals surface area contributed by atoms with Gasteiger partial charge in [-0.2, -0.15) is 0 Å². The largest absolute Gasteiger partial charge is 0.497 e. The Hall–Kier alpha value is -2.01. The Morgan fingerprint density at radius 1 is 1.17 bits per heavy atom. The molecule has 4 nitrogen and oxygen atoms in total. The van der Waals surface area contributed by atoms with E-state index in [-0.39, 0.29) is 5.91 Å². The van der Waals surface area contributed by atoms with Gasteiger partial charge < -0.3 is 15.4 Å². The van der Waals surface area contributed by atoms with E-state index in [0.29, 0.717) is 19.5 Å². The molecule has 0 fully saturated rings. The SMILES string of the molecule is COc1ccc(CNC(=O)CCNc2ccc(C)cc2Br)cc1. The van der Waals surface area contributed by atoms with E-state index < -0.39 is 0 Å². The fourth-order valence-electron chi connectivity index (χ4n) is 2.11. The second-order valence-electron chi connectivity index (χ2n) is 5.28. The van der Waals surface area contributed by atoms with Crippen LogP contribution in [-0.2, 0) is 11.3 Å². The number of hydrogen-bond acceptors (Lipinski definition) is 3. The summed E-state index contributed by atoms with van der Waals surface area (Å²) in [5.41, 5.74) is 3.24. The average molecular weight is 377 g/mol. The Bertz CT molecular complexity index is 657. The van der Waals surface area contributed by atoms with Gasteiger partial charge in [0.25, 0.3) is 0 Å². The third-order valence-electron chi connectivity index (χ3n) is 3.44. The second-order valence-corrected chi connectivity index (χ2v) is 6.14. The van der Waals surface area contributed by atoms with Crippen LogP contribution in [0.15, 0.2) is 46.9 Å². The molecule has 5 heteroatoms. The predicted molar refractivity (Wildman–Crippen MR) is 96.8 cm³/mol. The van der Waals surface area contributed by atoms with Crippen molar-refractivity contribution in [3.63, 3.8) is 0 Å². The van der Waals surface area contributed by atoms with Gasteiger partial charge in [0.1, 0.15) is 5.75 Å². The van der Waals surface area contributed by atoms with E-state index in [9.17, 15) is 4.79 Å². The first-order valence-electron chi connectivity index (χ1n) is 7.48. The van der Waals surface area contributed by atoms with Gasteiger partial charge in [-0.15, -0.1) is 0 Å². The Labute approximate surface area is 145 Å². The molecule has 1 amide bonds. The van der Waals surface area contributed by atoms with Crippen molar-refractivity contribution in [2.24, 2.45) is 0 Å². The Kier molecular flexibility index (Phi) is 6.47. The molecule has 2 aromatic rings. The quantitative estimate of drug-likeness (QED) is 0.770. The summed E-state index contributed by atoms with van der Waals surface area (Å²) < 4.78 is 6.12. The van der Waals surface area contributed by atoms with Crippen LogP contribution in [0.1, 0.15) is 17.5 Å². The molecular formula is C18H21BrN2O2. The van der Waals surface area contributed by atoms with Gasteiger partial charge in [-0.25, -0.2) is 0 Å². The van der Waals surface area contributed by atoms with Gasteiger partial charge in [0.2, 0.25) is 5.91 Å². The summed E-state index contributed by atoms with van der Waals surface area (Å²) >= 11 is 3.51. The number of benzene rings is 2. The lowest BCUT2D eigenvalue weighted by Crippen LogP contribution is -2.24. The van der Waals surface area contributed by atoms with E-state index in [1.54, 1.807) is 7.11 Å². The molecule has 0 saturated carbocycles. The third-order valence-corrected chi connectivity index (χ3v) is 4.10. The topological polar surface area (TPSA) is 50.4 Å². The van der Waals surface area contributed by atoms with Crippen LogP contribution in [0.5, 0.6) is 5.75 Å². The summed E-state index contributed by atoms with van der Waals surface area (Å²) in [7, 11) is 1.64. The van der Waals surface area contributed by atoms with E-state index in [0.717, 1.165) is 21.5 Å². The van der Waals surface area contributed by atoms with E-state index >= 15 is 0 Å². The Morgan fingerprint density at radius 2 is 1.91 bits per heavy atom. The van der Waals surface area contributed by atoms with E-state index in [1.165, 1.54) is 5.56 Å². The predicted octanol–water partition coefficient (Wildman–Crippen LogP) is 3.88. The minimum atomic E-state index is 0.0246. The molecule has 0 atom stereocenters. The maximum Gasteiger partial charge on any atom is 0.222 e. The Morgan fingerprint density at radius 3 is 2.57 bits per heavy atom. The number of hydrogen-bond donors (Lipinski definition) is 2. The van der Waals surface area contributed by atoms with Crippen LogP contribution in [0, 0.1) is 6.92 Å². The zero-order valence-corrected chi connectivity index (χ0v) is 14.9. The molecule has 0 radical (unpaired) electrons.